The Hall–Kier alpha value is -2.95. The summed E-state index contributed by atoms with van der Waals surface area (Å²) in [6.45, 7) is 6.71. The molecule has 25 heavy (non-hydrogen) atoms. The van der Waals surface area contributed by atoms with Crippen molar-refractivity contribution in [2.45, 2.75) is 27.7 Å². The predicted octanol–water partition coefficient (Wildman–Crippen LogP) is 3.50. The first-order valence-corrected chi connectivity index (χ1v) is 8.04. The van der Waals surface area contributed by atoms with E-state index in [1.54, 1.807) is 24.3 Å². The maximum Gasteiger partial charge on any atom is 0.244 e. The zero-order valence-corrected chi connectivity index (χ0v) is 14.9. The summed E-state index contributed by atoms with van der Waals surface area (Å²) >= 11 is 0. The number of carbonyl (C=O) groups is 3. The lowest BCUT2D eigenvalue weighted by Crippen LogP contribution is -2.36. The van der Waals surface area contributed by atoms with Crippen LogP contribution in [-0.2, 0) is 9.59 Å². The fourth-order valence-electron chi connectivity index (χ4n) is 2.44. The number of amides is 2. The largest absolute Gasteiger partial charge is 0.325 e. The van der Waals surface area contributed by atoms with Crippen molar-refractivity contribution in [2.75, 3.05) is 16.8 Å². The van der Waals surface area contributed by atoms with E-state index < -0.39 is 0 Å². The van der Waals surface area contributed by atoms with Crippen LogP contribution in [0, 0.1) is 13.8 Å². The van der Waals surface area contributed by atoms with Crippen molar-refractivity contribution >= 4 is 29.0 Å². The van der Waals surface area contributed by atoms with E-state index in [1.165, 1.54) is 18.7 Å². The molecule has 2 aromatic carbocycles. The molecular formula is C20H22N2O3. The second kappa shape index (κ2) is 7.75. The SMILES string of the molecule is CC(=O)c1cccc(N(CC(=O)Nc2ccc(C)c(C)c2)C(C)=O)c1. The molecular weight excluding hydrogens is 316 g/mol. The van der Waals surface area contributed by atoms with Crippen LogP contribution in [0.5, 0.6) is 0 Å². The first-order chi connectivity index (χ1) is 11.8. The highest BCUT2D eigenvalue weighted by molar-refractivity contribution is 6.03. The summed E-state index contributed by atoms with van der Waals surface area (Å²) in [6, 6.07) is 12.4. The summed E-state index contributed by atoms with van der Waals surface area (Å²) in [5.74, 6) is -0.660. The number of hydrogen-bond acceptors (Lipinski definition) is 3. The average molecular weight is 338 g/mol. The Labute approximate surface area is 147 Å². The Morgan fingerprint density at radius 2 is 1.68 bits per heavy atom. The van der Waals surface area contributed by atoms with E-state index in [0.29, 0.717) is 16.9 Å². The molecule has 2 amide bonds. The Kier molecular flexibility index (Phi) is 5.70. The fourth-order valence-corrected chi connectivity index (χ4v) is 2.44. The lowest BCUT2D eigenvalue weighted by molar-refractivity contribution is -0.120. The normalized spacial score (nSPS) is 10.2. The van der Waals surface area contributed by atoms with Gasteiger partial charge >= 0.3 is 0 Å². The molecule has 0 bridgehead atoms. The van der Waals surface area contributed by atoms with Gasteiger partial charge in [0.1, 0.15) is 6.54 Å². The molecule has 0 fully saturated rings. The van der Waals surface area contributed by atoms with Gasteiger partial charge in [0.15, 0.2) is 5.78 Å². The Morgan fingerprint density at radius 3 is 2.28 bits per heavy atom. The zero-order chi connectivity index (χ0) is 18.6. The molecule has 0 aliphatic rings. The van der Waals surface area contributed by atoms with Crippen LogP contribution in [0.2, 0.25) is 0 Å². The minimum absolute atomic E-state index is 0.0927. The van der Waals surface area contributed by atoms with E-state index in [4.69, 9.17) is 0 Å². The van der Waals surface area contributed by atoms with Crippen molar-refractivity contribution in [1.82, 2.24) is 0 Å². The van der Waals surface area contributed by atoms with E-state index in [0.717, 1.165) is 11.1 Å². The molecule has 2 aromatic rings. The van der Waals surface area contributed by atoms with Crippen molar-refractivity contribution in [3.8, 4) is 0 Å². The number of benzene rings is 2. The number of Topliss-reactive ketones (excluding diaryl/α,β-unsaturated/α-hetero) is 1. The van der Waals surface area contributed by atoms with Gasteiger partial charge in [-0.15, -0.1) is 0 Å². The topological polar surface area (TPSA) is 66.5 Å². The molecule has 0 atom stereocenters. The van der Waals surface area contributed by atoms with Gasteiger partial charge in [-0.05, 0) is 56.2 Å². The Balaban J connectivity index is 2.17. The fraction of sp³-hybridized carbons (Fsp3) is 0.250. The Morgan fingerprint density at radius 1 is 0.960 bits per heavy atom. The first kappa shape index (κ1) is 18.4. The molecule has 0 saturated carbocycles. The molecule has 2 rings (SSSR count). The standard InChI is InChI=1S/C20H22N2O3/c1-13-8-9-18(10-14(13)2)21-20(25)12-22(16(4)24)19-7-5-6-17(11-19)15(3)23/h5-11H,12H2,1-4H3,(H,21,25). The van der Waals surface area contributed by atoms with E-state index in [1.807, 2.05) is 32.0 Å². The number of anilines is 2. The minimum Gasteiger partial charge on any atom is -0.325 e. The summed E-state index contributed by atoms with van der Waals surface area (Å²) in [6.07, 6.45) is 0. The van der Waals surface area contributed by atoms with E-state index in [-0.39, 0.29) is 24.1 Å². The third-order valence-corrected chi connectivity index (χ3v) is 4.04. The monoisotopic (exact) mass is 338 g/mol. The van der Waals surface area contributed by atoms with Gasteiger partial charge in [-0.2, -0.15) is 0 Å². The lowest BCUT2D eigenvalue weighted by Gasteiger charge is -2.21. The van der Waals surface area contributed by atoms with Crippen LogP contribution < -0.4 is 10.2 Å². The van der Waals surface area contributed by atoms with Crippen LogP contribution in [0.25, 0.3) is 0 Å². The number of nitrogens with one attached hydrogen (secondary N) is 1. The predicted molar refractivity (Wildman–Crippen MR) is 99.0 cm³/mol. The van der Waals surface area contributed by atoms with Crippen molar-refractivity contribution < 1.29 is 14.4 Å². The third kappa shape index (κ3) is 4.76. The summed E-state index contributed by atoms with van der Waals surface area (Å²) < 4.78 is 0. The Bertz CT molecular complexity index is 827. The van der Waals surface area contributed by atoms with E-state index in [9.17, 15) is 14.4 Å². The number of ketones is 1. The second-order valence-corrected chi connectivity index (χ2v) is 6.06. The first-order valence-electron chi connectivity index (χ1n) is 8.04. The highest BCUT2D eigenvalue weighted by Crippen LogP contribution is 2.18. The molecule has 0 unspecified atom stereocenters. The van der Waals surface area contributed by atoms with Crippen LogP contribution in [0.1, 0.15) is 35.3 Å². The van der Waals surface area contributed by atoms with Gasteiger partial charge in [0.25, 0.3) is 0 Å². The van der Waals surface area contributed by atoms with Crippen LogP contribution in [-0.4, -0.2) is 24.1 Å². The maximum absolute atomic E-state index is 12.3. The summed E-state index contributed by atoms with van der Waals surface area (Å²) in [5, 5.41) is 2.80. The summed E-state index contributed by atoms with van der Waals surface area (Å²) in [7, 11) is 0. The van der Waals surface area contributed by atoms with Crippen LogP contribution in [0.15, 0.2) is 42.5 Å². The molecule has 0 saturated heterocycles. The van der Waals surface area contributed by atoms with Gasteiger partial charge in [-0.3, -0.25) is 14.4 Å². The average Bonchev–Trinajstić information content (AvgIpc) is 2.56. The van der Waals surface area contributed by atoms with E-state index in [2.05, 4.69) is 5.32 Å². The minimum atomic E-state index is -0.299. The molecule has 5 heteroatoms. The molecule has 0 heterocycles. The smallest absolute Gasteiger partial charge is 0.244 e. The number of nitrogens with zero attached hydrogens (tertiary/aromatic N) is 1. The third-order valence-electron chi connectivity index (χ3n) is 4.04. The zero-order valence-electron chi connectivity index (χ0n) is 14.9. The molecule has 1 N–H and O–H groups in total. The highest BCUT2D eigenvalue weighted by atomic mass is 16.2. The van der Waals surface area contributed by atoms with Crippen molar-refractivity contribution in [2.24, 2.45) is 0 Å². The molecule has 0 aliphatic carbocycles. The van der Waals surface area contributed by atoms with Gasteiger partial charge in [-0.1, -0.05) is 18.2 Å². The molecule has 0 spiro atoms. The quantitative estimate of drug-likeness (QED) is 0.849. The van der Waals surface area contributed by atoms with Crippen molar-refractivity contribution in [3.63, 3.8) is 0 Å². The van der Waals surface area contributed by atoms with Gasteiger partial charge in [-0.25, -0.2) is 0 Å². The molecule has 5 nitrogen and oxygen atoms in total. The van der Waals surface area contributed by atoms with Crippen LogP contribution in [0.3, 0.4) is 0 Å². The lowest BCUT2D eigenvalue weighted by atomic mass is 10.1. The van der Waals surface area contributed by atoms with Crippen molar-refractivity contribution in [1.29, 1.82) is 0 Å². The number of hydrogen-bond donors (Lipinski definition) is 1. The summed E-state index contributed by atoms with van der Waals surface area (Å²) in [4.78, 5) is 37.2. The molecule has 0 aromatic heterocycles. The van der Waals surface area contributed by atoms with Crippen LogP contribution >= 0.6 is 0 Å². The number of carbonyl (C=O) groups excluding carboxylic acids is 3. The van der Waals surface area contributed by atoms with Crippen LogP contribution in [0.4, 0.5) is 11.4 Å². The molecule has 0 aliphatic heterocycles. The van der Waals surface area contributed by atoms with Crippen molar-refractivity contribution in [3.05, 3.63) is 59.2 Å². The molecule has 0 radical (unpaired) electrons. The van der Waals surface area contributed by atoms with Gasteiger partial charge in [0, 0.05) is 23.9 Å². The van der Waals surface area contributed by atoms with E-state index >= 15 is 0 Å². The maximum atomic E-state index is 12.3. The van der Waals surface area contributed by atoms with Gasteiger partial charge in [0.05, 0.1) is 0 Å². The summed E-state index contributed by atoms with van der Waals surface area (Å²) in [5.41, 5.74) is 3.93. The second-order valence-electron chi connectivity index (χ2n) is 6.06. The van der Waals surface area contributed by atoms with Gasteiger partial charge < -0.3 is 10.2 Å². The number of rotatable bonds is 5. The molecule has 130 valence electrons. The highest BCUT2D eigenvalue weighted by Gasteiger charge is 2.17. The van der Waals surface area contributed by atoms with Gasteiger partial charge in [0.2, 0.25) is 11.8 Å². The number of aryl methyl sites for hydroxylation is 2.